The molecule has 2 unspecified atom stereocenters. The molecule has 31 nitrogen and oxygen atoms in total. The lowest BCUT2D eigenvalue weighted by molar-refractivity contribution is -0.160. The summed E-state index contributed by atoms with van der Waals surface area (Å²) in [5.74, 6) is -11.5. The molecule has 4 rings (SSSR count). The van der Waals surface area contributed by atoms with E-state index < -0.39 is 186 Å². The van der Waals surface area contributed by atoms with Crippen molar-refractivity contribution in [3.8, 4) is 0 Å². The fourth-order valence-electron chi connectivity index (χ4n) is 13.7. The van der Waals surface area contributed by atoms with E-state index in [0.29, 0.717) is 47.3 Å². The Labute approximate surface area is 733 Å². The number of likely N-dealkylation sites (N-methyl/N-ethyl adjacent to an activating group) is 4. The highest BCUT2D eigenvalue weighted by Gasteiger charge is 2.44. The number of nitrogens with zero attached hydrogens (tertiary/aromatic N) is 6. The summed E-state index contributed by atoms with van der Waals surface area (Å²) < 4.78 is 23.5. The lowest BCUT2D eigenvalue weighted by Crippen LogP contribution is -2.60. The van der Waals surface area contributed by atoms with Crippen LogP contribution in [0.4, 0.5) is 11.4 Å². The molecule has 0 aliphatic carbocycles. The largest absolute Gasteiger partial charge is 0.456 e. The Morgan fingerprint density at radius 2 is 0.831 bits per heavy atom. The van der Waals surface area contributed by atoms with E-state index in [1.807, 2.05) is 75.3 Å². The van der Waals surface area contributed by atoms with Gasteiger partial charge in [-0.15, -0.1) is 0 Å². The van der Waals surface area contributed by atoms with Crippen LogP contribution in [0.3, 0.4) is 0 Å². The maximum atomic E-state index is 14.3. The summed E-state index contributed by atoms with van der Waals surface area (Å²) >= 11 is 0. The number of ether oxygens (including phenoxy) is 4. The molecule has 7 N–H and O–H groups in total. The van der Waals surface area contributed by atoms with E-state index in [1.165, 1.54) is 92.5 Å². The van der Waals surface area contributed by atoms with E-state index in [-0.39, 0.29) is 72.8 Å². The molecule has 0 fully saturated rings. The van der Waals surface area contributed by atoms with Gasteiger partial charge in [-0.2, -0.15) is 0 Å². The van der Waals surface area contributed by atoms with Gasteiger partial charge in [0, 0.05) is 58.1 Å². The van der Waals surface area contributed by atoms with Gasteiger partial charge in [-0.3, -0.25) is 47.9 Å². The first kappa shape index (κ1) is 107. The van der Waals surface area contributed by atoms with Crippen LogP contribution in [0.1, 0.15) is 209 Å². The number of hydrogen-bond donors (Lipinski definition) is 7. The maximum Gasteiger partial charge on any atom is 0.334 e. The summed E-state index contributed by atoms with van der Waals surface area (Å²) in [6, 6.07) is 6.08. The third kappa shape index (κ3) is 31.9. The Kier molecular flexibility index (Phi) is 42.7. The maximum absolute atomic E-state index is 14.3. The molecular weight excluding hydrogens is 1590 g/mol. The smallest absolute Gasteiger partial charge is 0.334 e. The van der Waals surface area contributed by atoms with Crippen LogP contribution in [-0.2, 0) is 98.9 Å². The third-order valence-corrected chi connectivity index (χ3v) is 23.0. The number of amides is 10. The van der Waals surface area contributed by atoms with E-state index in [2.05, 4.69) is 41.6 Å². The second kappa shape index (κ2) is 49.4. The van der Waals surface area contributed by atoms with E-state index in [4.69, 9.17) is 32.1 Å². The Balaban J connectivity index is 0.000000640. The fourth-order valence-corrected chi connectivity index (χ4v) is 13.7. The number of carbonyl (C=O) groups is 14. The number of allylic oxidation sites excluding steroid dienone is 3. The normalized spacial score (nSPS) is 27.5. The summed E-state index contributed by atoms with van der Waals surface area (Å²) in [5, 5.41) is 27.6. The molecule has 31 heteroatoms. The van der Waals surface area contributed by atoms with Gasteiger partial charge in [-0.1, -0.05) is 162 Å². The average molecular weight is 1730 g/mol. The van der Waals surface area contributed by atoms with Crippen LogP contribution >= 0.6 is 0 Å². The van der Waals surface area contributed by atoms with Crippen LogP contribution in [0.25, 0.3) is 9.69 Å². The van der Waals surface area contributed by atoms with Gasteiger partial charge < -0.3 is 75.6 Å². The minimum atomic E-state index is -1.60. The summed E-state index contributed by atoms with van der Waals surface area (Å²) in [6.07, 6.45) is 3.15. The van der Waals surface area contributed by atoms with Gasteiger partial charge in [0.05, 0.1) is 32.3 Å². The van der Waals surface area contributed by atoms with Gasteiger partial charge in [0.2, 0.25) is 47.3 Å². The van der Waals surface area contributed by atoms with E-state index >= 15 is 0 Å². The standard InChI is InChI=1S/C47H70N6O9.C46H68N6O10/c1-16-28(5)39-42(56)51-47(11,12)46(60)62-40(29(6)17-2)32(9)30(7)18-19-31(8)45(59)61-37(24-27(3)4)41(55)49-33(10)43(57)53(15)36(44(58)52(14)26-38(54)50-39)25-34-20-22-35(48-13)23-21-34;1-15-27(5)38-41(56)50-46(10,11)45(60)62-39(28(6)16-2)30(8)35(53)22-17-29(7)44(59)61-36(23-26(3)4)40(55)48-31(9)42(57)52(14)34(43(58)51(13)25-37(54)49-38)24-32-18-20-33(47-12)21-19-32/h17,19-23,27-28,30,32-33,36-37,39-40H,16,18,24-26H2,1-12,14-15H3,(H,49,55)(H,50,54)(H,51,56);16-21,26-27,30-31,34-36,38-39,53H,15,22-25H2,1-11,13-14H3,(H,48,55)(H,49,54)(H,50,56)/b29-17+,31-19+;28-16+,29-17+/t28?,30-,32-,33-,36+,37+,39-,40+;27?,30-,31-,34+,35-,36+,38-,39+/m00/s1. The van der Waals surface area contributed by atoms with E-state index in [0.717, 1.165) is 15.4 Å². The Morgan fingerprint density at radius 1 is 0.500 bits per heavy atom. The topological polar surface area (TPSA) is 390 Å². The van der Waals surface area contributed by atoms with Crippen LogP contribution in [0.15, 0.2) is 95.1 Å². The summed E-state index contributed by atoms with van der Waals surface area (Å²) in [4.78, 5) is 205. The van der Waals surface area contributed by atoms with Crippen molar-refractivity contribution in [1.82, 2.24) is 51.5 Å². The Bertz CT molecular complexity index is 4040. The van der Waals surface area contributed by atoms with Gasteiger partial charge in [-0.05, 0) is 167 Å². The highest BCUT2D eigenvalue weighted by Crippen LogP contribution is 2.31. The Morgan fingerprint density at radius 3 is 1.15 bits per heavy atom. The number of esters is 4. The lowest BCUT2D eigenvalue weighted by atomic mass is 9.84. The summed E-state index contributed by atoms with van der Waals surface area (Å²) in [6.45, 7) is 53.0. The van der Waals surface area contributed by atoms with Crippen molar-refractivity contribution in [3.05, 3.63) is 129 Å². The quantitative estimate of drug-likeness (QED) is 0.0400. The van der Waals surface area contributed by atoms with Gasteiger partial charge >= 0.3 is 23.9 Å². The minimum absolute atomic E-state index is 0.0000831. The molecule has 2 aromatic rings. The monoisotopic (exact) mass is 1730 g/mol. The first-order chi connectivity index (χ1) is 57.8. The molecule has 2 aliphatic heterocycles. The number of rotatable bonds is 14. The number of aliphatic hydroxyl groups excluding tert-OH is 1. The van der Waals surface area contributed by atoms with Crippen molar-refractivity contribution in [2.24, 2.45) is 41.4 Å². The highest BCUT2D eigenvalue weighted by molar-refractivity contribution is 5.99. The van der Waals surface area contributed by atoms with Crippen molar-refractivity contribution >= 4 is 94.3 Å². The van der Waals surface area contributed by atoms with Crippen LogP contribution in [0.5, 0.6) is 0 Å². The molecule has 0 bridgehead atoms. The van der Waals surface area contributed by atoms with Crippen molar-refractivity contribution in [2.75, 3.05) is 41.3 Å². The molecule has 0 radical (unpaired) electrons. The minimum Gasteiger partial charge on any atom is -0.456 e. The number of nitrogens with one attached hydrogen (secondary N) is 6. The van der Waals surface area contributed by atoms with Crippen LogP contribution in [0.2, 0.25) is 0 Å². The van der Waals surface area contributed by atoms with Gasteiger partial charge in [-0.25, -0.2) is 28.9 Å². The zero-order valence-electron chi connectivity index (χ0n) is 77.9. The molecule has 2 aromatic carbocycles. The molecule has 16 atom stereocenters. The number of hydrogen-bond acceptors (Lipinski definition) is 19. The zero-order chi connectivity index (χ0) is 94.4. The van der Waals surface area contributed by atoms with Crippen molar-refractivity contribution < 1.29 is 91.2 Å². The van der Waals surface area contributed by atoms with E-state index in [9.17, 15) is 72.2 Å². The molecule has 0 spiro atoms. The third-order valence-electron chi connectivity index (χ3n) is 23.0. The van der Waals surface area contributed by atoms with Crippen LogP contribution in [0, 0.1) is 54.6 Å². The first-order valence-corrected chi connectivity index (χ1v) is 42.7. The fraction of sp³-hybridized carbons (Fsp3) is 0.613. The highest BCUT2D eigenvalue weighted by atomic mass is 16.6. The SMILES string of the molecule is [C-]#[N+]c1ccc(C[C@@H]2C(=O)N(C)CC(=O)N[C@@H](C(C)CC)C(=O)NC(C)(C)C(=O)O[C@H](/C(C)=C/C)[C@@H](C)[C@@H](C)C/C=C(\C)C(=O)O[C@H](CC(C)C)C(=O)N[C@@H](C)C(=O)N2C)cc1.[C-]#[N+]c1ccc(C[C@@H]2C(=O)N(C)CC(=O)N[C@@H](C(C)CC)C(=O)NC(C)(C)C(=O)O[C@H](/C(C)=C/C)[C@@H](C)[C@@H](O)C/C=C(\C)C(=O)O[C@H](CC(C)C)C(=O)N[C@@H](C)C(=O)N2C)cc1. The van der Waals surface area contributed by atoms with E-state index in [1.54, 1.807) is 102 Å². The second-order valence-electron chi connectivity index (χ2n) is 35.1. The molecule has 684 valence electrons. The van der Waals surface area contributed by atoms with Gasteiger partial charge in [0.15, 0.2) is 23.6 Å². The van der Waals surface area contributed by atoms with Crippen molar-refractivity contribution in [3.63, 3.8) is 0 Å². The molecule has 2 heterocycles. The molecule has 124 heavy (non-hydrogen) atoms. The number of aliphatic hydroxyl groups is 1. The molecule has 2 aliphatic rings. The molecule has 0 aromatic heterocycles. The first-order valence-electron chi connectivity index (χ1n) is 42.7. The summed E-state index contributed by atoms with van der Waals surface area (Å²) in [5.41, 5.74) is 0.678. The number of carbonyl (C=O) groups excluding carboxylic acids is 14. The second-order valence-corrected chi connectivity index (χ2v) is 35.1. The van der Waals surface area contributed by atoms with Crippen LogP contribution in [-0.4, -0.2) is 227 Å². The Hall–Kier alpha value is -11.1. The zero-order valence-corrected chi connectivity index (χ0v) is 77.9. The lowest BCUT2D eigenvalue weighted by Gasteiger charge is -2.34. The predicted molar refractivity (Wildman–Crippen MR) is 471 cm³/mol. The molecule has 0 saturated carbocycles. The molecule has 10 amide bonds. The van der Waals surface area contributed by atoms with Gasteiger partial charge in [0.1, 0.15) is 59.5 Å². The van der Waals surface area contributed by atoms with Crippen LogP contribution < -0.4 is 31.9 Å². The molecular formula is C93H138N12O19. The van der Waals surface area contributed by atoms with Crippen molar-refractivity contribution in [2.45, 2.75) is 288 Å². The predicted octanol–water partition coefficient (Wildman–Crippen LogP) is 9.63. The molecule has 0 saturated heterocycles. The summed E-state index contributed by atoms with van der Waals surface area (Å²) in [7, 11) is 5.61. The van der Waals surface area contributed by atoms with Gasteiger partial charge in [0.25, 0.3) is 11.8 Å². The number of cyclic esters (lactones) is 4. The van der Waals surface area contributed by atoms with Crippen molar-refractivity contribution in [1.29, 1.82) is 0 Å². The average Bonchev–Trinajstić information content (AvgIpc) is 0.828. The number of benzene rings is 2.